The SMILES string of the molecule is COC1CNCC1Nc1ncccc1F. The van der Waals surface area contributed by atoms with Crippen LogP contribution in [0, 0.1) is 5.82 Å². The van der Waals surface area contributed by atoms with Crippen molar-refractivity contribution in [1.82, 2.24) is 10.3 Å². The zero-order valence-corrected chi connectivity index (χ0v) is 8.53. The van der Waals surface area contributed by atoms with Gasteiger partial charge in [-0.2, -0.15) is 0 Å². The van der Waals surface area contributed by atoms with Crippen molar-refractivity contribution in [2.24, 2.45) is 0 Å². The molecule has 0 aliphatic carbocycles. The van der Waals surface area contributed by atoms with Crippen LogP contribution in [0.5, 0.6) is 0 Å². The van der Waals surface area contributed by atoms with Gasteiger partial charge in [-0.25, -0.2) is 9.37 Å². The maximum atomic E-state index is 13.3. The van der Waals surface area contributed by atoms with Gasteiger partial charge in [-0.3, -0.25) is 0 Å². The molecule has 15 heavy (non-hydrogen) atoms. The quantitative estimate of drug-likeness (QED) is 0.769. The number of hydrogen-bond acceptors (Lipinski definition) is 4. The number of nitrogens with one attached hydrogen (secondary N) is 2. The zero-order chi connectivity index (χ0) is 10.7. The molecule has 0 spiro atoms. The van der Waals surface area contributed by atoms with E-state index in [9.17, 15) is 4.39 Å². The van der Waals surface area contributed by atoms with Crippen LogP contribution < -0.4 is 10.6 Å². The fourth-order valence-corrected chi connectivity index (χ4v) is 1.71. The summed E-state index contributed by atoms with van der Waals surface area (Å²) in [6, 6.07) is 3.03. The maximum Gasteiger partial charge on any atom is 0.165 e. The first kappa shape index (κ1) is 10.3. The summed E-state index contributed by atoms with van der Waals surface area (Å²) in [6.07, 6.45) is 1.63. The second-order valence-corrected chi connectivity index (χ2v) is 3.52. The van der Waals surface area contributed by atoms with E-state index in [4.69, 9.17) is 4.74 Å². The molecule has 2 heterocycles. The molecule has 5 heteroatoms. The Hall–Kier alpha value is -1.20. The highest BCUT2D eigenvalue weighted by molar-refractivity contribution is 5.37. The molecule has 1 saturated heterocycles. The van der Waals surface area contributed by atoms with Gasteiger partial charge < -0.3 is 15.4 Å². The highest BCUT2D eigenvalue weighted by atomic mass is 19.1. The summed E-state index contributed by atoms with van der Waals surface area (Å²) in [4.78, 5) is 3.94. The van der Waals surface area contributed by atoms with E-state index in [2.05, 4.69) is 15.6 Å². The van der Waals surface area contributed by atoms with Gasteiger partial charge in [0.25, 0.3) is 0 Å². The standard InChI is InChI=1S/C10H14FN3O/c1-15-9-6-12-5-8(9)14-10-7(11)3-2-4-13-10/h2-4,8-9,12H,5-6H2,1H3,(H,13,14). The molecule has 1 fully saturated rings. The first-order valence-corrected chi connectivity index (χ1v) is 4.92. The Bertz CT molecular complexity index is 334. The number of methoxy groups -OCH3 is 1. The monoisotopic (exact) mass is 211 g/mol. The van der Waals surface area contributed by atoms with E-state index >= 15 is 0 Å². The predicted octanol–water partition coefficient (Wildman–Crippen LogP) is 0.619. The fourth-order valence-electron chi connectivity index (χ4n) is 1.71. The lowest BCUT2D eigenvalue weighted by atomic mass is 10.2. The molecule has 0 amide bonds. The van der Waals surface area contributed by atoms with Crippen LogP contribution in [0.1, 0.15) is 0 Å². The van der Waals surface area contributed by atoms with Crippen LogP contribution in [0.3, 0.4) is 0 Å². The van der Waals surface area contributed by atoms with E-state index in [-0.39, 0.29) is 23.8 Å². The number of pyridine rings is 1. The van der Waals surface area contributed by atoms with Crippen molar-refractivity contribution in [2.45, 2.75) is 12.1 Å². The fraction of sp³-hybridized carbons (Fsp3) is 0.500. The van der Waals surface area contributed by atoms with Gasteiger partial charge in [-0.1, -0.05) is 0 Å². The minimum atomic E-state index is -0.334. The molecule has 2 rings (SSSR count). The van der Waals surface area contributed by atoms with E-state index in [1.165, 1.54) is 6.07 Å². The highest BCUT2D eigenvalue weighted by Gasteiger charge is 2.27. The summed E-state index contributed by atoms with van der Waals surface area (Å²) in [5.41, 5.74) is 0. The van der Waals surface area contributed by atoms with Gasteiger partial charge in [0.15, 0.2) is 11.6 Å². The lowest BCUT2D eigenvalue weighted by Crippen LogP contribution is -2.34. The molecule has 2 N–H and O–H groups in total. The minimum Gasteiger partial charge on any atom is -0.378 e. The summed E-state index contributed by atoms with van der Waals surface area (Å²) in [6.45, 7) is 1.54. The molecule has 0 radical (unpaired) electrons. The Morgan fingerprint density at radius 3 is 3.20 bits per heavy atom. The minimum absolute atomic E-state index is 0.0615. The number of halogens is 1. The van der Waals surface area contributed by atoms with Crippen LogP contribution in [-0.4, -0.2) is 37.3 Å². The molecule has 82 valence electrons. The molecule has 0 aromatic carbocycles. The Balaban J connectivity index is 2.05. The average molecular weight is 211 g/mol. The number of anilines is 1. The largest absolute Gasteiger partial charge is 0.378 e. The zero-order valence-electron chi connectivity index (χ0n) is 8.53. The molecule has 4 nitrogen and oxygen atoms in total. The Labute approximate surface area is 87.8 Å². The summed E-state index contributed by atoms with van der Waals surface area (Å²) in [5, 5.41) is 6.21. The van der Waals surface area contributed by atoms with Crippen molar-refractivity contribution < 1.29 is 9.13 Å². The van der Waals surface area contributed by atoms with Crippen molar-refractivity contribution in [3.63, 3.8) is 0 Å². The molecular weight excluding hydrogens is 197 g/mol. The van der Waals surface area contributed by atoms with Crippen LogP contribution in [0.2, 0.25) is 0 Å². The summed E-state index contributed by atoms with van der Waals surface area (Å²) in [5.74, 6) is -0.0486. The lowest BCUT2D eigenvalue weighted by Gasteiger charge is -2.19. The van der Waals surface area contributed by atoms with Crippen molar-refractivity contribution in [3.05, 3.63) is 24.1 Å². The van der Waals surface area contributed by atoms with E-state index in [0.29, 0.717) is 0 Å². The number of nitrogens with zero attached hydrogens (tertiary/aromatic N) is 1. The normalized spacial score (nSPS) is 25.5. The van der Waals surface area contributed by atoms with E-state index in [1.54, 1.807) is 19.4 Å². The third-order valence-electron chi connectivity index (χ3n) is 2.54. The van der Waals surface area contributed by atoms with Crippen molar-refractivity contribution >= 4 is 5.82 Å². The smallest absolute Gasteiger partial charge is 0.165 e. The Morgan fingerprint density at radius 1 is 1.60 bits per heavy atom. The molecule has 1 aromatic rings. The van der Waals surface area contributed by atoms with Gasteiger partial charge in [0.05, 0.1) is 12.1 Å². The maximum absolute atomic E-state index is 13.3. The van der Waals surface area contributed by atoms with Crippen LogP contribution in [-0.2, 0) is 4.74 Å². The number of ether oxygens (including phenoxy) is 1. The third-order valence-corrected chi connectivity index (χ3v) is 2.54. The molecule has 2 unspecified atom stereocenters. The van der Waals surface area contributed by atoms with Gasteiger partial charge in [-0.05, 0) is 12.1 Å². The second kappa shape index (κ2) is 4.55. The predicted molar refractivity (Wildman–Crippen MR) is 55.3 cm³/mol. The van der Waals surface area contributed by atoms with Gasteiger partial charge in [0, 0.05) is 26.4 Å². The summed E-state index contributed by atoms with van der Waals surface area (Å²) >= 11 is 0. The molecule has 0 bridgehead atoms. The molecule has 2 atom stereocenters. The average Bonchev–Trinajstić information content (AvgIpc) is 2.69. The van der Waals surface area contributed by atoms with Crippen molar-refractivity contribution in [1.29, 1.82) is 0 Å². The van der Waals surface area contributed by atoms with Gasteiger partial charge in [0.1, 0.15) is 0 Å². The Morgan fingerprint density at radius 2 is 2.47 bits per heavy atom. The van der Waals surface area contributed by atoms with Crippen LogP contribution in [0.4, 0.5) is 10.2 Å². The first-order valence-electron chi connectivity index (χ1n) is 4.92. The second-order valence-electron chi connectivity index (χ2n) is 3.52. The van der Waals surface area contributed by atoms with E-state index in [0.717, 1.165) is 13.1 Å². The van der Waals surface area contributed by atoms with E-state index in [1.807, 2.05) is 0 Å². The number of hydrogen-bond donors (Lipinski definition) is 2. The van der Waals surface area contributed by atoms with Crippen LogP contribution in [0.25, 0.3) is 0 Å². The molecule has 1 aromatic heterocycles. The lowest BCUT2D eigenvalue weighted by molar-refractivity contribution is 0.111. The van der Waals surface area contributed by atoms with Crippen molar-refractivity contribution in [2.75, 3.05) is 25.5 Å². The topological polar surface area (TPSA) is 46.2 Å². The van der Waals surface area contributed by atoms with E-state index < -0.39 is 0 Å². The van der Waals surface area contributed by atoms with Crippen LogP contribution in [0.15, 0.2) is 18.3 Å². The van der Waals surface area contributed by atoms with Crippen molar-refractivity contribution in [3.8, 4) is 0 Å². The molecule has 1 aliphatic rings. The summed E-state index contributed by atoms with van der Waals surface area (Å²) < 4.78 is 18.5. The molecular formula is C10H14FN3O. The molecule has 1 aliphatic heterocycles. The van der Waals surface area contributed by atoms with Gasteiger partial charge in [0.2, 0.25) is 0 Å². The third kappa shape index (κ3) is 2.24. The number of aromatic nitrogens is 1. The van der Waals surface area contributed by atoms with Gasteiger partial charge in [-0.15, -0.1) is 0 Å². The first-order chi connectivity index (χ1) is 7.31. The van der Waals surface area contributed by atoms with Gasteiger partial charge >= 0.3 is 0 Å². The summed E-state index contributed by atoms with van der Waals surface area (Å²) in [7, 11) is 1.65. The Kier molecular flexibility index (Phi) is 3.13. The van der Waals surface area contributed by atoms with Crippen LogP contribution >= 0.6 is 0 Å². The molecule has 0 saturated carbocycles. The number of rotatable bonds is 3. The highest BCUT2D eigenvalue weighted by Crippen LogP contribution is 2.14.